The molecule has 0 heterocycles. The molecule has 1 fully saturated rings. The summed E-state index contributed by atoms with van der Waals surface area (Å²) in [5.41, 5.74) is 4.50. The number of fused-ring (bicyclic) bond motifs is 3. The third kappa shape index (κ3) is 1.98. The fraction of sp³-hybridized carbons (Fsp3) is 0.217. The van der Waals surface area contributed by atoms with Crippen molar-refractivity contribution in [3.63, 3.8) is 0 Å². The van der Waals surface area contributed by atoms with Crippen LogP contribution in [0.3, 0.4) is 0 Å². The van der Waals surface area contributed by atoms with Crippen LogP contribution in [0.1, 0.15) is 24.8 Å². The van der Waals surface area contributed by atoms with Gasteiger partial charge in [0.25, 0.3) is 0 Å². The Morgan fingerprint density at radius 3 is 2.57 bits per heavy atom. The van der Waals surface area contributed by atoms with Crippen LogP contribution in [0, 0.1) is 5.92 Å². The minimum atomic E-state index is 0.311. The van der Waals surface area contributed by atoms with E-state index in [1.807, 2.05) is 0 Å². The molecule has 2 bridgehead atoms. The fourth-order valence-electron chi connectivity index (χ4n) is 4.58. The molecule has 0 spiro atoms. The Hall–Kier alpha value is -2.34. The van der Waals surface area contributed by atoms with E-state index >= 15 is 0 Å². The molecule has 2 aliphatic rings. The zero-order valence-corrected chi connectivity index (χ0v) is 13.2. The van der Waals surface area contributed by atoms with Gasteiger partial charge >= 0.3 is 0 Å². The molecule has 1 saturated carbocycles. The van der Waals surface area contributed by atoms with E-state index in [2.05, 4.69) is 78.9 Å². The molecule has 0 amide bonds. The van der Waals surface area contributed by atoms with Crippen molar-refractivity contribution in [2.24, 2.45) is 5.92 Å². The first-order valence-electron chi connectivity index (χ1n) is 8.62. The normalized spacial score (nSPS) is 25.3. The minimum Gasteiger partial charge on any atom is -0.0845 e. The molecular formula is C23H20. The average Bonchev–Trinajstić information content (AvgIpc) is 3.24. The summed E-state index contributed by atoms with van der Waals surface area (Å²) in [6.45, 7) is 0. The predicted octanol–water partition coefficient (Wildman–Crippen LogP) is 6.11. The van der Waals surface area contributed by atoms with Crippen molar-refractivity contribution < 1.29 is 0 Å². The number of allylic oxidation sites excluding steroid dienone is 2. The highest BCUT2D eigenvalue weighted by molar-refractivity contribution is 5.96. The largest absolute Gasteiger partial charge is 0.0845 e. The number of rotatable bonds is 2. The molecule has 2 unspecified atom stereocenters. The average molecular weight is 296 g/mol. The molecule has 112 valence electrons. The smallest absolute Gasteiger partial charge is 0.0138 e. The first kappa shape index (κ1) is 13.1. The number of benzene rings is 3. The van der Waals surface area contributed by atoms with Gasteiger partial charge in [0.05, 0.1) is 0 Å². The van der Waals surface area contributed by atoms with Gasteiger partial charge in [0, 0.05) is 5.41 Å². The molecule has 0 saturated heterocycles. The summed E-state index contributed by atoms with van der Waals surface area (Å²) in [5.74, 6) is 0.816. The number of hydrogen-bond acceptors (Lipinski definition) is 0. The van der Waals surface area contributed by atoms with Crippen molar-refractivity contribution in [1.29, 1.82) is 0 Å². The maximum Gasteiger partial charge on any atom is 0.0138 e. The second kappa shape index (κ2) is 4.83. The summed E-state index contributed by atoms with van der Waals surface area (Å²) >= 11 is 0. The van der Waals surface area contributed by atoms with Gasteiger partial charge in [-0.2, -0.15) is 0 Å². The van der Waals surface area contributed by atoms with Crippen LogP contribution >= 0.6 is 0 Å². The Bertz CT molecular complexity index is 913. The molecule has 0 N–H and O–H groups in total. The standard InChI is InChI=1S/C23H20/c1-2-9-21-18(5-1)6-4-10-22(21)19-7-3-8-20(15-19)23-13-11-17(16-23)12-14-23/h1-11,13,15,17H,12,14,16H2. The van der Waals surface area contributed by atoms with E-state index in [4.69, 9.17) is 0 Å². The van der Waals surface area contributed by atoms with Crippen molar-refractivity contribution >= 4 is 10.8 Å². The topological polar surface area (TPSA) is 0 Å². The molecule has 3 aromatic rings. The maximum absolute atomic E-state index is 2.48. The molecular weight excluding hydrogens is 276 g/mol. The lowest BCUT2D eigenvalue weighted by atomic mass is 9.79. The maximum atomic E-state index is 2.48. The SMILES string of the molecule is C1=CC2(c3cccc(-c4cccc5ccccc45)c3)CCC1C2. The van der Waals surface area contributed by atoms with Crippen LogP contribution < -0.4 is 0 Å². The number of hydrogen-bond donors (Lipinski definition) is 0. The van der Waals surface area contributed by atoms with Gasteiger partial charge in [0.2, 0.25) is 0 Å². The van der Waals surface area contributed by atoms with Gasteiger partial charge in [-0.15, -0.1) is 0 Å². The first-order chi connectivity index (χ1) is 11.3. The molecule has 2 aliphatic carbocycles. The van der Waals surface area contributed by atoms with Crippen LogP contribution in [0.4, 0.5) is 0 Å². The second-order valence-corrected chi connectivity index (χ2v) is 7.13. The van der Waals surface area contributed by atoms with Crippen molar-refractivity contribution in [2.75, 3.05) is 0 Å². The van der Waals surface area contributed by atoms with Crippen molar-refractivity contribution in [3.05, 3.63) is 84.4 Å². The summed E-state index contributed by atoms with van der Waals surface area (Å²) in [4.78, 5) is 0. The summed E-state index contributed by atoms with van der Waals surface area (Å²) in [6, 6.07) is 24.5. The van der Waals surface area contributed by atoms with Crippen LogP contribution in [0.5, 0.6) is 0 Å². The minimum absolute atomic E-state index is 0.311. The van der Waals surface area contributed by atoms with E-state index in [9.17, 15) is 0 Å². The lowest BCUT2D eigenvalue weighted by molar-refractivity contribution is 0.567. The van der Waals surface area contributed by atoms with Gasteiger partial charge in [-0.3, -0.25) is 0 Å². The van der Waals surface area contributed by atoms with Crippen molar-refractivity contribution in [2.45, 2.75) is 24.7 Å². The Kier molecular flexibility index (Phi) is 2.76. The third-order valence-corrected chi connectivity index (χ3v) is 5.81. The molecule has 2 atom stereocenters. The van der Waals surface area contributed by atoms with Crippen LogP contribution in [0.25, 0.3) is 21.9 Å². The van der Waals surface area contributed by atoms with Gasteiger partial charge in [-0.05, 0) is 52.6 Å². The molecule has 0 nitrogen and oxygen atoms in total. The summed E-state index contributed by atoms with van der Waals surface area (Å²) in [5, 5.41) is 2.66. The highest BCUT2D eigenvalue weighted by Crippen LogP contribution is 2.51. The van der Waals surface area contributed by atoms with Gasteiger partial charge < -0.3 is 0 Å². The molecule has 23 heavy (non-hydrogen) atoms. The van der Waals surface area contributed by atoms with Crippen molar-refractivity contribution in [1.82, 2.24) is 0 Å². The zero-order valence-electron chi connectivity index (χ0n) is 13.2. The Morgan fingerprint density at radius 2 is 1.74 bits per heavy atom. The summed E-state index contributed by atoms with van der Waals surface area (Å²) in [7, 11) is 0. The molecule has 0 radical (unpaired) electrons. The van der Waals surface area contributed by atoms with E-state index in [-0.39, 0.29) is 0 Å². The van der Waals surface area contributed by atoms with Gasteiger partial charge in [-0.1, -0.05) is 78.9 Å². The summed E-state index contributed by atoms with van der Waals surface area (Å²) < 4.78 is 0. The second-order valence-electron chi connectivity index (χ2n) is 7.13. The van der Waals surface area contributed by atoms with E-state index in [1.54, 1.807) is 0 Å². The highest BCUT2D eigenvalue weighted by atomic mass is 14.5. The van der Waals surface area contributed by atoms with Crippen molar-refractivity contribution in [3.8, 4) is 11.1 Å². The monoisotopic (exact) mass is 296 g/mol. The van der Waals surface area contributed by atoms with E-state index in [0.717, 1.165) is 5.92 Å². The van der Waals surface area contributed by atoms with E-state index in [1.165, 1.54) is 46.7 Å². The van der Waals surface area contributed by atoms with Gasteiger partial charge in [0.1, 0.15) is 0 Å². The first-order valence-corrected chi connectivity index (χ1v) is 8.62. The van der Waals surface area contributed by atoms with Crippen LogP contribution in [0.15, 0.2) is 78.9 Å². The Labute approximate surface area is 137 Å². The Balaban J connectivity index is 1.67. The van der Waals surface area contributed by atoms with Gasteiger partial charge in [-0.25, -0.2) is 0 Å². The highest BCUT2D eigenvalue weighted by Gasteiger charge is 2.41. The lowest BCUT2D eigenvalue weighted by Gasteiger charge is -2.25. The van der Waals surface area contributed by atoms with Crippen LogP contribution in [-0.2, 0) is 5.41 Å². The lowest BCUT2D eigenvalue weighted by Crippen LogP contribution is -2.17. The molecule has 0 aromatic heterocycles. The van der Waals surface area contributed by atoms with E-state index < -0.39 is 0 Å². The predicted molar refractivity (Wildman–Crippen MR) is 97.5 cm³/mol. The molecule has 5 rings (SSSR count). The Morgan fingerprint density at radius 1 is 0.870 bits per heavy atom. The molecule has 0 heteroatoms. The fourth-order valence-corrected chi connectivity index (χ4v) is 4.58. The zero-order chi connectivity index (χ0) is 15.3. The molecule has 3 aromatic carbocycles. The summed E-state index contributed by atoms with van der Waals surface area (Å²) in [6.07, 6.45) is 8.89. The molecule has 0 aliphatic heterocycles. The third-order valence-electron chi connectivity index (χ3n) is 5.81. The quantitative estimate of drug-likeness (QED) is 0.500. The van der Waals surface area contributed by atoms with E-state index in [0.29, 0.717) is 5.41 Å². The van der Waals surface area contributed by atoms with Gasteiger partial charge in [0.15, 0.2) is 0 Å². The van der Waals surface area contributed by atoms with Crippen LogP contribution in [0.2, 0.25) is 0 Å². The van der Waals surface area contributed by atoms with Crippen LogP contribution in [-0.4, -0.2) is 0 Å².